The molecule has 1 aliphatic rings. The van der Waals surface area contributed by atoms with E-state index < -0.39 is 0 Å². The first-order valence-electron chi connectivity index (χ1n) is 7.09. The van der Waals surface area contributed by atoms with Gasteiger partial charge >= 0.3 is 0 Å². The average Bonchev–Trinajstić information content (AvgIpc) is 2.65. The first-order valence-corrected chi connectivity index (χ1v) is 7.47. The number of hydrogen-bond acceptors (Lipinski definition) is 3. The Morgan fingerprint density at radius 1 is 1.42 bits per heavy atom. The normalized spacial score (nSPS) is 17.3. The first kappa shape index (κ1) is 14.8. The van der Waals surface area contributed by atoms with Crippen LogP contribution in [0.15, 0.2) is 0 Å². The van der Waals surface area contributed by atoms with E-state index in [0.29, 0.717) is 0 Å². The van der Waals surface area contributed by atoms with Gasteiger partial charge in [0.1, 0.15) is 5.15 Å². The van der Waals surface area contributed by atoms with Crippen molar-refractivity contribution in [3.05, 3.63) is 16.4 Å². The highest BCUT2D eigenvalue weighted by Crippen LogP contribution is 2.22. The second kappa shape index (κ2) is 6.73. The third-order valence-corrected chi connectivity index (χ3v) is 4.43. The molecule has 0 bridgehead atoms. The zero-order valence-corrected chi connectivity index (χ0v) is 12.9. The summed E-state index contributed by atoms with van der Waals surface area (Å²) in [6.45, 7) is 9.13. The molecule has 0 unspecified atom stereocenters. The SMILES string of the molecule is CCN(Cc1c(C)nn(C)c1Cl)CC1CCOCC1. The molecule has 1 aromatic rings. The van der Waals surface area contributed by atoms with Crippen molar-refractivity contribution >= 4 is 11.6 Å². The van der Waals surface area contributed by atoms with Gasteiger partial charge in [0.15, 0.2) is 0 Å². The molecule has 0 radical (unpaired) electrons. The van der Waals surface area contributed by atoms with Crippen LogP contribution in [0.4, 0.5) is 0 Å². The summed E-state index contributed by atoms with van der Waals surface area (Å²) < 4.78 is 7.18. The van der Waals surface area contributed by atoms with E-state index in [0.717, 1.165) is 55.2 Å². The molecular weight excluding hydrogens is 262 g/mol. The van der Waals surface area contributed by atoms with Gasteiger partial charge in [0, 0.05) is 38.9 Å². The molecule has 0 aromatic carbocycles. The van der Waals surface area contributed by atoms with Crippen LogP contribution in [0.1, 0.15) is 31.0 Å². The Morgan fingerprint density at radius 3 is 2.63 bits per heavy atom. The Morgan fingerprint density at radius 2 is 2.11 bits per heavy atom. The van der Waals surface area contributed by atoms with Crippen LogP contribution < -0.4 is 0 Å². The minimum absolute atomic E-state index is 0.754. The zero-order chi connectivity index (χ0) is 13.8. The minimum atomic E-state index is 0.754. The van der Waals surface area contributed by atoms with E-state index in [2.05, 4.69) is 16.9 Å². The fraction of sp³-hybridized carbons (Fsp3) is 0.786. The number of hydrogen-bond donors (Lipinski definition) is 0. The summed E-state index contributed by atoms with van der Waals surface area (Å²) in [7, 11) is 1.90. The molecule has 108 valence electrons. The number of aryl methyl sites for hydroxylation is 2. The molecule has 0 spiro atoms. The molecule has 1 saturated heterocycles. The van der Waals surface area contributed by atoms with Gasteiger partial charge in [0.25, 0.3) is 0 Å². The Hall–Kier alpha value is -0.580. The monoisotopic (exact) mass is 285 g/mol. The quantitative estimate of drug-likeness (QED) is 0.833. The fourth-order valence-corrected chi connectivity index (χ4v) is 2.91. The lowest BCUT2D eigenvalue weighted by atomic mass is 9.99. The second-order valence-electron chi connectivity index (χ2n) is 5.36. The van der Waals surface area contributed by atoms with E-state index in [9.17, 15) is 0 Å². The van der Waals surface area contributed by atoms with Crippen molar-refractivity contribution in [2.75, 3.05) is 26.3 Å². The van der Waals surface area contributed by atoms with Gasteiger partial charge in [-0.3, -0.25) is 9.58 Å². The Labute approximate surface area is 120 Å². The van der Waals surface area contributed by atoms with Crippen LogP contribution in [0.3, 0.4) is 0 Å². The van der Waals surface area contributed by atoms with Gasteiger partial charge in [0.05, 0.1) is 5.69 Å². The number of aromatic nitrogens is 2. The minimum Gasteiger partial charge on any atom is -0.381 e. The summed E-state index contributed by atoms with van der Waals surface area (Å²) >= 11 is 6.31. The van der Waals surface area contributed by atoms with Crippen molar-refractivity contribution in [1.82, 2.24) is 14.7 Å². The van der Waals surface area contributed by atoms with Crippen LogP contribution in [-0.2, 0) is 18.3 Å². The van der Waals surface area contributed by atoms with Crippen LogP contribution in [0.25, 0.3) is 0 Å². The Balaban J connectivity index is 1.98. The lowest BCUT2D eigenvalue weighted by Crippen LogP contribution is -2.32. The summed E-state index contributed by atoms with van der Waals surface area (Å²) in [5.74, 6) is 0.754. The molecule has 1 aromatic heterocycles. The number of halogens is 1. The van der Waals surface area contributed by atoms with E-state index in [1.54, 1.807) is 4.68 Å². The van der Waals surface area contributed by atoms with Gasteiger partial charge in [-0.15, -0.1) is 0 Å². The highest BCUT2D eigenvalue weighted by Gasteiger charge is 2.19. The van der Waals surface area contributed by atoms with Crippen LogP contribution >= 0.6 is 11.6 Å². The maximum absolute atomic E-state index is 6.31. The number of nitrogens with zero attached hydrogens (tertiary/aromatic N) is 3. The average molecular weight is 286 g/mol. The molecule has 0 aliphatic carbocycles. The van der Waals surface area contributed by atoms with E-state index in [1.165, 1.54) is 12.8 Å². The molecule has 0 saturated carbocycles. The Bertz CT molecular complexity index is 413. The van der Waals surface area contributed by atoms with E-state index in [-0.39, 0.29) is 0 Å². The Kier molecular flexibility index (Phi) is 5.25. The maximum Gasteiger partial charge on any atom is 0.131 e. The molecule has 1 fully saturated rings. The third-order valence-electron chi connectivity index (χ3n) is 3.96. The summed E-state index contributed by atoms with van der Waals surface area (Å²) in [5, 5.41) is 5.15. The molecule has 4 nitrogen and oxygen atoms in total. The van der Waals surface area contributed by atoms with Gasteiger partial charge in [-0.05, 0) is 32.2 Å². The smallest absolute Gasteiger partial charge is 0.131 e. The highest BCUT2D eigenvalue weighted by molar-refractivity contribution is 6.30. The third kappa shape index (κ3) is 3.71. The largest absolute Gasteiger partial charge is 0.381 e. The van der Waals surface area contributed by atoms with Gasteiger partial charge in [-0.2, -0.15) is 5.10 Å². The molecule has 2 rings (SSSR count). The summed E-state index contributed by atoms with van der Waals surface area (Å²) in [6.07, 6.45) is 2.35. The van der Waals surface area contributed by atoms with Gasteiger partial charge in [0.2, 0.25) is 0 Å². The second-order valence-corrected chi connectivity index (χ2v) is 5.72. The molecule has 19 heavy (non-hydrogen) atoms. The summed E-state index contributed by atoms with van der Waals surface area (Å²) in [6, 6.07) is 0. The molecule has 0 N–H and O–H groups in total. The summed E-state index contributed by atoms with van der Waals surface area (Å²) in [4.78, 5) is 2.46. The van der Waals surface area contributed by atoms with E-state index in [4.69, 9.17) is 16.3 Å². The standard InChI is InChI=1S/C14H24ClN3O/c1-4-18(9-12-5-7-19-8-6-12)10-13-11(2)16-17(3)14(13)15/h12H,4-10H2,1-3H3. The van der Waals surface area contributed by atoms with E-state index in [1.807, 2.05) is 14.0 Å². The number of rotatable bonds is 5. The lowest BCUT2D eigenvalue weighted by Gasteiger charge is -2.29. The van der Waals surface area contributed by atoms with Crippen molar-refractivity contribution in [3.63, 3.8) is 0 Å². The van der Waals surface area contributed by atoms with E-state index >= 15 is 0 Å². The topological polar surface area (TPSA) is 30.3 Å². The van der Waals surface area contributed by atoms with Crippen LogP contribution in [-0.4, -0.2) is 41.0 Å². The molecular formula is C14H24ClN3O. The highest BCUT2D eigenvalue weighted by atomic mass is 35.5. The molecule has 2 heterocycles. The lowest BCUT2D eigenvalue weighted by molar-refractivity contribution is 0.0521. The first-order chi connectivity index (χ1) is 9.11. The van der Waals surface area contributed by atoms with Crippen molar-refractivity contribution in [1.29, 1.82) is 0 Å². The maximum atomic E-state index is 6.31. The van der Waals surface area contributed by atoms with Crippen molar-refractivity contribution in [2.45, 2.75) is 33.2 Å². The van der Waals surface area contributed by atoms with Crippen molar-refractivity contribution in [2.24, 2.45) is 13.0 Å². The van der Waals surface area contributed by atoms with Gasteiger partial charge < -0.3 is 4.74 Å². The zero-order valence-electron chi connectivity index (χ0n) is 12.2. The van der Waals surface area contributed by atoms with Gasteiger partial charge in [-0.1, -0.05) is 18.5 Å². The van der Waals surface area contributed by atoms with Crippen LogP contribution in [0.5, 0.6) is 0 Å². The van der Waals surface area contributed by atoms with Gasteiger partial charge in [-0.25, -0.2) is 0 Å². The summed E-state index contributed by atoms with van der Waals surface area (Å²) in [5.41, 5.74) is 2.20. The van der Waals surface area contributed by atoms with Crippen molar-refractivity contribution in [3.8, 4) is 0 Å². The molecule has 1 aliphatic heterocycles. The predicted molar refractivity (Wildman–Crippen MR) is 77.4 cm³/mol. The molecule has 0 amide bonds. The molecule has 0 atom stereocenters. The van der Waals surface area contributed by atoms with Crippen molar-refractivity contribution < 1.29 is 4.74 Å². The van der Waals surface area contributed by atoms with Crippen LogP contribution in [0.2, 0.25) is 5.15 Å². The predicted octanol–water partition coefficient (Wildman–Crippen LogP) is 2.63. The number of ether oxygens (including phenoxy) is 1. The fourth-order valence-electron chi connectivity index (χ4n) is 2.68. The van der Waals surface area contributed by atoms with Crippen LogP contribution in [0, 0.1) is 12.8 Å². The molecule has 5 heteroatoms.